The molecular weight excluding hydrogens is 194 g/mol. The number of Topliss-reactive ketones (excluding diaryl/α,β-unsaturated/α-hetero) is 1. The number of hydrogen-bond donors (Lipinski definition) is 1. The number of carbonyl (C=O) groups is 1. The SMILES string of the molecule is O=C(c1ccccc1)C(O)c1ccon1. The van der Waals surface area contributed by atoms with Gasteiger partial charge in [0.25, 0.3) is 0 Å². The first-order valence-corrected chi connectivity index (χ1v) is 4.46. The van der Waals surface area contributed by atoms with Crippen LogP contribution in [0, 0.1) is 0 Å². The van der Waals surface area contributed by atoms with Crippen LogP contribution in [0.2, 0.25) is 0 Å². The lowest BCUT2D eigenvalue weighted by Gasteiger charge is -2.05. The molecule has 1 atom stereocenters. The molecule has 15 heavy (non-hydrogen) atoms. The van der Waals surface area contributed by atoms with Crippen molar-refractivity contribution in [2.75, 3.05) is 0 Å². The third-order valence-corrected chi connectivity index (χ3v) is 2.04. The zero-order valence-corrected chi connectivity index (χ0v) is 7.83. The lowest BCUT2D eigenvalue weighted by atomic mass is 10.0. The van der Waals surface area contributed by atoms with Gasteiger partial charge in [-0.3, -0.25) is 4.79 Å². The summed E-state index contributed by atoms with van der Waals surface area (Å²) in [4.78, 5) is 11.7. The number of carbonyl (C=O) groups excluding carboxylic acids is 1. The van der Waals surface area contributed by atoms with Crippen molar-refractivity contribution >= 4 is 5.78 Å². The van der Waals surface area contributed by atoms with Crippen LogP contribution in [0.1, 0.15) is 22.2 Å². The Morgan fingerprint density at radius 3 is 2.60 bits per heavy atom. The maximum absolute atomic E-state index is 11.7. The Balaban J connectivity index is 2.23. The maximum atomic E-state index is 11.7. The zero-order valence-electron chi connectivity index (χ0n) is 7.83. The summed E-state index contributed by atoms with van der Waals surface area (Å²) in [6.07, 6.45) is 0.0581. The first-order chi connectivity index (χ1) is 7.29. The highest BCUT2D eigenvalue weighted by atomic mass is 16.5. The van der Waals surface area contributed by atoms with Crippen molar-refractivity contribution < 1.29 is 14.4 Å². The molecule has 1 unspecified atom stereocenters. The van der Waals surface area contributed by atoms with Gasteiger partial charge in [-0.2, -0.15) is 0 Å². The summed E-state index contributed by atoms with van der Waals surface area (Å²) in [7, 11) is 0. The fourth-order valence-corrected chi connectivity index (χ4v) is 1.26. The predicted octanol–water partition coefficient (Wildman–Crippen LogP) is 1.59. The zero-order chi connectivity index (χ0) is 10.7. The Labute approximate surface area is 86.1 Å². The largest absolute Gasteiger partial charge is 0.378 e. The topological polar surface area (TPSA) is 63.3 Å². The third kappa shape index (κ3) is 1.94. The number of aliphatic hydroxyl groups excluding tert-OH is 1. The molecule has 0 amide bonds. The lowest BCUT2D eigenvalue weighted by molar-refractivity contribution is 0.0733. The first kappa shape index (κ1) is 9.61. The van der Waals surface area contributed by atoms with E-state index in [9.17, 15) is 9.90 Å². The van der Waals surface area contributed by atoms with Gasteiger partial charge in [-0.05, 0) is 0 Å². The van der Waals surface area contributed by atoms with E-state index < -0.39 is 6.10 Å². The predicted molar refractivity (Wildman–Crippen MR) is 52.2 cm³/mol. The van der Waals surface area contributed by atoms with Gasteiger partial charge >= 0.3 is 0 Å². The minimum Gasteiger partial charge on any atom is -0.378 e. The second-order valence-corrected chi connectivity index (χ2v) is 3.06. The van der Waals surface area contributed by atoms with E-state index in [4.69, 9.17) is 0 Å². The fraction of sp³-hybridized carbons (Fsp3) is 0.0909. The number of aromatic nitrogens is 1. The molecule has 0 bridgehead atoms. The second kappa shape index (κ2) is 4.06. The number of benzene rings is 1. The highest BCUT2D eigenvalue weighted by Gasteiger charge is 2.21. The molecule has 0 saturated heterocycles. The summed E-state index contributed by atoms with van der Waals surface area (Å²) in [5.74, 6) is -0.385. The highest BCUT2D eigenvalue weighted by Crippen LogP contribution is 2.16. The number of hydrogen-bond acceptors (Lipinski definition) is 4. The molecule has 1 aromatic carbocycles. The molecule has 0 spiro atoms. The van der Waals surface area contributed by atoms with Gasteiger partial charge in [0.05, 0.1) is 0 Å². The Bertz CT molecular complexity index is 436. The van der Waals surface area contributed by atoms with Crippen molar-refractivity contribution in [2.45, 2.75) is 6.10 Å². The Morgan fingerprint density at radius 2 is 2.00 bits per heavy atom. The van der Waals surface area contributed by atoms with E-state index in [0.29, 0.717) is 5.56 Å². The van der Waals surface area contributed by atoms with Crippen LogP contribution in [0.4, 0.5) is 0 Å². The van der Waals surface area contributed by atoms with Crippen LogP contribution in [0.5, 0.6) is 0 Å². The molecule has 1 heterocycles. The van der Waals surface area contributed by atoms with Gasteiger partial charge in [0.2, 0.25) is 0 Å². The minimum absolute atomic E-state index is 0.226. The smallest absolute Gasteiger partial charge is 0.197 e. The monoisotopic (exact) mass is 203 g/mol. The molecule has 1 aromatic heterocycles. The van der Waals surface area contributed by atoms with Crippen molar-refractivity contribution in [1.29, 1.82) is 0 Å². The molecule has 0 saturated carbocycles. The summed E-state index contributed by atoms with van der Waals surface area (Å²) in [5, 5.41) is 13.2. The van der Waals surface area contributed by atoms with Crippen LogP contribution in [0.25, 0.3) is 0 Å². The van der Waals surface area contributed by atoms with Crippen LogP contribution >= 0.6 is 0 Å². The lowest BCUT2D eigenvalue weighted by Crippen LogP contribution is -2.12. The summed E-state index contributed by atoms with van der Waals surface area (Å²) >= 11 is 0. The number of aliphatic hydroxyl groups is 1. The van der Waals surface area contributed by atoms with E-state index >= 15 is 0 Å². The van der Waals surface area contributed by atoms with Crippen LogP contribution in [-0.2, 0) is 0 Å². The normalized spacial score (nSPS) is 12.3. The van der Waals surface area contributed by atoms with Crippen molar-refractivity contribution in [1.82, 2.24) is 5.16 Å². The van der Waals surface area contributed by atoms with E-state index in [2.05, 4.69) is 9.68 Å². The van der Waals surface area contributed by atoms with Gasteiger partial charge in [0.15, 0.2) is 11.9 Å². The molecule has 4 heteroatoms. The van der Waals surface area contributed by atoms with Crippen molar-refractivity contribution in [3.8, 4) is 0 Å². The molecular formula is C11H9NO3. The Morgan fingerprint density at radius 1 is 1.27 bits per heavy atom. The van der Waals surface area contributed by atoms with Gasteiger partial charge in [-0.1, -0.05) is 35.5 Å². The van der Waals surface area contributed by atoms with Gasteiger partial charge in [0, 0.05) is 11.6 Å². The minimum atomic E-state index is -1.26. The van der Waals surface area contributed by atoms with E-state index in [-0.39, 0.29) is 11.5 Å². The fourth-order valence-electron chi connectivity index (χ4n) is 1.26. The second-order valence-electron chi connectivity index (χ2n) is 3.06. The molecule has 0 aliphatic heterocycles. The third-order valence-electron chi connectivity index (χ3n) is 2.04. The van der Waals surface area contributed by atoms with Gasteiger partial charge < -0.3 is 9.63 Å². The molecule has 76 valence electrons. The molecule has 0 aliphatic rings. The van der Waals surface area contributed by atoms with Gasteiger partial charge in [-0.25, -0.2) is 0 Å². The average molecular weight is 203 g/mol. The van der Waals surface area contributed by atoms with E-state index in [1.165, 1.54) is 12.3 Å². The van der Waals surface area contributed by atoms with E-state index in [1.807, 2.05) is 0 Å². The standard InChI is InChI=1S/C11H9NO3/c13-10(8-4-2-1-3-5-8)11(14)9-6-7-15-12-9/h1-7,11,14H. The number of nitrogens with zero attached hydrogens (tertiary/aromatic N) is 1. The van der Waals surface area contributed by atoms with Crippen molar-refractivity contribution in [3.63, 3.8) is 0 Å². The Hall–Kier alpha value is -1.94. The molecule has 2 aromatic rings. The van der Waals surface area contributed by atoms with Gasteiger partial charge in [0.1, 0.15) is 12.0 Å². The van der Waals surface area contributed by atoms with E-state index in [0.717, 1.165) is 0 Å². The summed E-state index contributed by atoms with van der Waals surface area (Å²) in [5.41, 5.74) is 0.678. The molecule has 2 rings (SSSR count). The van der Waals surface area contributed by atoms with Crippen molar-refractivity contribution in [3.05, 3.63) is 53.9 Å². The average Bonchev–Trinajstić information content (AvgIpc) is 2.82. The highest BCUT2D eigenvalue weighted by molar-refractivity contribution is 5.99. The molecule has 1 N–H and O–H groups in total. The number of ketones is 1. The molecule has 0 fully saturated rings. The van der Waals surface area contributed by atoms with Crippen LogP contribution in [-0.4, -0.2) is 16.0 Å². The van der Waals surface area contributed by atoms with Crippen molar-refractivity contribution in [2.24, 2.45) is 0 Å². The maximum Gasteiger partial charge on any atom is 0.197 e. The van der Waals surface area contributed by atoms with Crippen LogP contribution in [0.3, 0.4) is 0 Å². The first-order valence-electron chi connectivity index (χ1n) is 4.46. The molecule has 4 nitrogen and oxygen atoms in total. The Kier molecular flexibility index (Phi) is 2.60. The number of rotatable bonds is 3. The quantitative estimate of drug-likeness (QED) is 0.769. The molecule has 0 radical (unpaired) electrons. The van der Waals surface area contributed by atoms with Crippen LogP contribution < -0.4 is 0 Å². The van der Waals surface area contributed by atoms with Gasteiger partial charge in [-0.15, -0.1) is 0 Å². The molecule has 0 aliphatic carbocycles. The summed E-state index contributed by atoms with van der Waals surface area (Å²) in [6.45, 7) is 0. The van der Waals surface area contributed by atoms with E-state index in [1.54, 1.807) is 30.3 Å². The summed E-state index contributed by atoms with van der Waals surface area (Å²) in [6, 6.07) is 10.0. The van der Waals surface area contributed by atoms with Crippen LogP contribution in [0.15, 0.2) is 47.2 Å². The summed E-state index contributed by atoms with van der Waals surface area (Å²) < 4.78 is 4.56.